The van der Waals surface area contributed by atoms with Crippen LogP contribution in [0.3, 0.4) is 0 Å². The fourth-order valence-corrected chi connectivity index (χ4v) is 1.79. The number of benzene rings is 2. The Balaban J connectivity index is 2.20. The number of halogens is 2. The zero-order chi connectivity index (χ0) is 13.8. The van der Waals surface area contributed by atoms with Gasteiger partial charge in [-0.25, -0.2) is 8.78 Å². The molecule has 0 aliphatic rings. The molecule has 0 aliphatic carbocycles. The summed E-state index contributed by atoms with van der Waals surface area (Å²) in [6.07, 6.45) is 0. The van der Waals surface area contributed by atoms with Crippen LogP contribution in [0.25, 0.3) is 0 Å². The molecule has 1 atom stereocenters. The molecule has 0 heterocycles. The van der Waals surface area contributed by atoms with E-state index in [0.717, 1.165) is 5.56 Å². The maximum absolute atomic E-state index is 13.7. The van der Waals surface area contributed by atoms with Gasteiger partial charge in [0.05, 0.1) is 17.3 Å². The standard InChI is InChI=1S/C15H12F2N2/c1-10(12-3-2-4-13(16)8-12)19-15-6-5-11(9-18)7-14(15)17/h2-8,10,19H,1H3. The van der Waals surface area contributed by atoms with Gasteiger partial charge in [0.2, 0.25) is 0 Å². The van der Waals surface area contributed by atoms with E-state index in [1.807, 2.05) is 13.0 Å². The van der Waals surface area contributed by atoms with E-state index in [4.69, 9.17) is 5.26 Å². The molecule has 0 aliphatic heterocycles. The third-order valence-corrected chi connectivity index (χ3v) is 2.82. The highest BCUT2D eigenvalue weighted by atomic mass is 19.1. The Labute approximate surface area is 110 Å². The molecule has 1 N–H and O–H groups in total. The number of nitrogens with one attached hydrogen (secondary N) is 1. The molecule has 2 aromatic carbocycles. The van der Waals surface area contributed by atoms with Crippen LogP contribution in [0.15, 0.2) is 42.5 Å². The smallest absolute Gasteiger partial charge is 0.147 e. The predicted octanol–water partition coefficient (Wildman–Crippen LogP) is 4.01. The second-order valence-corrected chi connectivity index (χ2v) is 4.23. The van der Waals surface area contributed by atoms with E-state index in [9.17, 15) is 8.78 Å². The van der Waals surface area contributed by atoms with Crippen molar-refractivity contribution >= 4 is 5.69 Å². The molecule has 2 nitrogen and oxygen atoms in total. The van der Waals surface area contributed by atoms with Crippen molar-refractivity contribution in [1.82, 2.24) is 0 Å². The Kier molecular flexibility index (Phi) is 3.76. The molecule has 0 fully saturated rings. The summed E-state index contributed by atoms with van der Waals surface area (Å²) in [6, 6.07) is 12.0. The largest absolute Gasteiger partial charge is 0.376 e. The first-order valence-electron chi connectivity index (χ1n) is 5.82. The van der Waals surface area contributed by atoms with Crippen LogP contribution in [-0.2, 0) is 0 Å². The third kappa shape index (κ3) is 3.08. The third-order valence-electron chi connectivity index (χ3n) is 2.82. The van der Waals surface area contributed by atoms with Crippen molar-refractivity contribution in [2.45, 2.75) is 13.0 Å². The van der Waals surface area contributed by atoms with Gasteiger partial charge in [-0.3, -0.25) is 0 Å². The Morgan fingerprint density at radius 1 is 1.16 bits per heavy atom. The summed E-state index contributed by atoms with van der Waals surface area (Å²) >= 11 is 0. The van der Waals surface area contributed by atoms with Crippen LogP contribution in [0.5, 0.6) is 0 Å². The fourth-order valence-electron chi connectivity index (χ4n) is 1.79. The van der Waals surface area contributed by atoms with Crippen molar-refractivity contribution in [2.75, 3.05) is 5.32 Å². The summed E-state index contributed by atoms with van der Waals surface area (Å²) in [6.45, 7) is 1.81. The maximum Gasteiger partial charge on any atom is 0.147 e. The van der Waals surface area contributed by atoms with Crippen LogP contribution in [0.1, 0.15) is 24.1 Å². The minimum Gasteiger partial charge on any atom is -0.376 e. The SMILES string of the molecule is CC(Nc1ccc(C#N)cc1F)c1cccc(F)c1. The molecule has 96 valence electrons. The average Bonchev–Trinajstić information content (AvgIpc) is 2.41. The van der Waals surface area contributed by atoms with E-state index in [0.29, 0.717) is 0 Å². The molecule has 0 saturated heterocycles. The minimum atomic E-state index is -0.498. The van der Waals surface area contributed by atoms with Crippen LogP contribution in [0.2, 0.25) is 0 Å². The highest BCUT2D eigenvalue weighted by Crippen LogP contribution is 2.22. The molecule has 0 bridgehead atoms. The van der Waals surface area contributed by atoms with Crippen molar-refractivity contribution in [3.05, 3.63) is 65.2 Å². The molecule has 0 radical (unpaired) electrons. The molecular weight excluding hydrogens is 246 g/mol. The monoisotopic (exact) mass is 258 g/mol. The van der Waals surface area contributed by atoms with Crippen LogP contribution >= 0.6 is 0 Å². The maximum atomic E-state index is 13.7. The van der Waals surface area contributed by atoms with Gasteiger partial charge >= 0.3 is 0 Å². The predicted molar refractivity (Wildman–Crippen MR) is 69.6 cm³/mol. The van der Waals surface area contributed by atoms with E-state index in [1.165, 1.54) is 30.3 Å². The summed E-state index contributed by atoms with van der Waals surface area (Å²) in [5, 5.41) is 11.6. The summed E-state index contributed by atoms with van der Waals surface area (Å²) in [5.74, 6) is -0.825. The van der Waals surface area contributed by atoms with Gasteiger partial charge in [-0.15, -0.1) is 0 Å². The lowest BCUT2D eigenvalue weighted by Crippen LogP contribution is -2.08. The molecule has 1 unspecified atom stereocenters. The zero-order valence-electron chi connectivity index (χ0n) is 10.3. The van der Waals surface area contributed by atoms with Crippen molar-refractivity contribution in [3.63, 3.8) is 0 Å². The van der Waals surface area contributed by atoms with Gasteiger partial charge in [-0.05, 0) is 42.8 Å². The van der Waals surface area contributed by atoms with Crippen molar-refractivity contribution in [2.24, 2.45) is 0 Å². The summed E-state index contributed by atoms with van der Waals surface area (Å²) in [4.78, 5) is 0. The number of hydrogen-bond donors (Lipinski definition) is 1. The molecule has 0 saturated carbocycles. The van der Waals surface area contributed by atoms with Crippen molar-refractivity contribution < 1.29 is 8.78 Å². The Morgan fingerprint density at radius 2 is 1.95 bits per heavy atom. The van der Waals surface area contributed by atoms with E-state index in [-0.39, 0.29) is 23.1 Å². The van der Waals surface area contributed by atoms with Gasteiger partial charge < -0.3 is 5.32 Å². The second-order valence-electron chi connectivity index (χ2n) is 4.23. The molecule has 4 heteroatoms. The lowest BCUT2D eigenvalue weighted by molar-refractivity contribution is 0.620. The Morgan fingerprint density at radius 3 is 2.58 bits per heavy atom. The highest BCUT2D eigenvalue weighted by Gasteiger charge is 2.09. The van der Waals surface area contributed by atoms with Crippen LogP contribution in [0.4, 0.5) is 14.5 Å². The number of anilines is 1. The summed E-state index contributed by atoms with van der Waals surface area (Å²) < 4.78 is 26.8. The normalized spacial score (nSPS) is 11.7. The van der Waals surface area contributed by atoms with E-state index in [1.54, 1.807) is 12.1 Å². The van der Waals surface area contributed by atoms with Crippen LogP contribution in [-0.4, -0.2) is 0 Å². The first-order chi connectivity index (χ1) is 9.10. The first-order valence-corrected chi connectivity index (χ1v) is 5.82. The van der Waals surface area contributed by atoms with Gasteiger partial charge in [-0.2, -0.15) is 5.26 Å². The highest BCUT2D eigenvalue weighted by molar-refractivity contribution is 5.50. The van der Waals surface area contributed by atoms with Crippen molar-refractivity contribution in [3.8, 4) is 6.07 Å². The number of nitrogens with zero attached hydrogens (tertiary/aromatic N) is 1. The zero-order valence-corrected chi connectivity index (χ0v) is 10.3. The quantitative estimate of drug-likeness (QED) is 0.902. The van der Waals surface area contributed by atoms with Crippen LogP contribution < -0.4 is 5.32 Å². The van der Waals surface area contributed by atoms with Gasteiger partial charge in [0.25, 0.3) is 0 Å². The van der Waals surface area contributed by atoms with Gasteiger partial charge in [0.1, 0.15) is 11.6 Å². The molecule has 0 aromatic heterocycles. The first kappa shape index (κ1) is 13.0. The van der Waals surface area contributed by atoms with E-state index in [2.05, 4.69) is 5.32 Å². The topological polar surface area (TPSA) is 35.8 Å². The second kappa shape index (κ2) is 5.49. The van der Waals surface area contributed by atoms with Gasteiger partial charge in [0.15, 0.2) is 0 Å². The molecule has 2 rings (SSSR count). The van der Waals surface area contributed by atoms with E-state index < -0.39 is 5.82 Å². The number of hydrogen-bond acceptors (Lipinski definition) is 2. The molecule has 2 aromatic rings. The average molecular weight is 258 g/mol. The summed E-state index contributed by atoms with van der Waals surface area (Å²) in [7, 11) is 0. The van der Waals surface area contributed by atoms with E-state index >= 15 is 0 Å². The minimum absolute atomic E-state index is 0.238. The Hall–Kier alpha value is -2.41. The molecular formula is C15H12F2N2. The molecule has 19 heavy (non-hydrogen) atoms. The van der Waals surface area contributed by atoms with Crippen LogP contribution in [0, 0.1) is 23.0 Å². The van der Waals surface area contributed by atoms with Crippen molar-refractivity contribution in [1.29, 1.82) is 5.26 Å². The lowest BCUT2D eigenvalue weighted by atomic mass is 10.1. The molecule has 0 amide bonds. The lowest BCUT2D eigenvalue weighted by Gasteiger charge is -2.16. The Bertz CT molecular complexity index is 632. The number of rotatable bonds is 3. The van der Waals surface area contributed by atoms with Gasteiger partial charge in [0, 0.05) is 6.04 Å². The summed E-state index contributed by atoms with van der Waals surface area (Å²) in [5.41, 5.74) is 1.28. The molecule has 0 spiro atoms. The van der Waals surface area contributed by atoms with Gasteiger partial charge in [-0.1, -0.05) is 12.1 Å². The number of nitriles is 1. The fraction of sp³-hybridized carbons (Fsp3) is 0.133.